The number of nitrogens with zero attached hydrogens (tertiary/aromatic N) is 2. The highest BCUT2D eigenvalue weighted by atomic mass is 35.5. The van der Waals surface area contributed by atoms with Gasteiger partial charge in [-0.1, -0.05) is 35.4 Å². The van der Waals surface area contributed by atoms with E-state index in [4.69, 9.17) is 16.3 Å². The molecular weight excluding hydrogens is 815 g/mol. The first kappa shape index (κ1) is 49.1. The van der Waals surface area contributed by atoms with Crippen LogP contribution in [0.1, 0.15) is 95.9 Å². The average Bonchev–Trinajstić information content (AvgIpc) is 3.52. The van der Waals surface area contributed by atoms with Crippen molar-refractivity contribution in [1.82, 2.24) is 20.4 Å². The number of carbonyl (C=O) groups is 4. The van der Waals surface area contributed by atoms with Gasteiger partial charge in [0.05, 0.1) is 22.2 Å². The number of aliphatic hydroxyl groups excluding tert-OH is 1. The first-order valence-electron chi connectivity index (χ1n) is 19.1. The summed E-state index contributed by atoms with van der Waals surface area (Å²) in [6.07, 6.45) is -0.374. The molecule has 0 radical (unpaired) electrons. The number of aliphatic hydroxyl groups is 1. The van der Waals surface area contributed by atoms with Gasteiger partial charge in [0.25, 0.3) is 11.8 Å². The van der Waals surface area contributed by atoms with Crippen molar-refractivity contribution in [2.75, 3.05) is 34.6 Å². The van der Waals surface area contributed by atoms with Crippen molar-refractivity contribution in [3.05, 3.63) is 80.3 Å². The van der Waals surface area contributed by atoms with E-state index in [1.165, 1.54) is 30.3 Å². The van der Waals surface area contributed by atoms with Crippen LogP contribution in [0.4, 0.5) is 27.2 Å². The van der Waals surface area contributed by atoms with Gasteiger partial charge in [0.15, 0.2) is 0 Å². The van der Waals surface area contributed by atoms with Crippen molar-refractivity contribution < 1.29 is 46.6 Å². The Hall–Kier alpha value is -4.30. The SMILES string of the molecule is CCl.CN(C)C(=O)Cl.Cc1cc(C)c(C2=C(O)C3(CCC(F)(F)CC3)NC2=O)c(C)c1.Cc1cc(C)c(C2=C(OC(=O)N(C)C)C3(CCC(F)(F)CC3)NC2=O)c(C)c1. The molecule has 2 aliphatic carbocycles. The molecule has 4 amide bonds. The van der Waals surface area contributed by atoms with Gasteiger partial charge in [0, 0.05) is 60.3 Å². The maximum atomic E-state index is 13.8. The molecular formula is C43H56Cl2F4N4O6. The number of amides is 4. The predicted molar refractivity (Wildman–Crippen MR) is 223 cm³/mol. The van der Waals surface area contributed by atoms with Gasteiger partial charge >= 0.3 is 11.5 Å². The molecule has 59 heavy (non-hydrogen) atoms. The standard InChI is InChI=1S/C21H26F2N2O3.C18H21F2NO2.C3H6ClNO.CH3Cl/c1-12-10-13(2)15(14(3)11-12)16-17(28-19(27)25(4)5)20(24-18(16)26)6-8-21(22,23)9-7-20;1-10-8-11(2)13(12(3)9-10)14-15(22)17(21-16(14)23)4-6-18(19,20)7-5-17;1-5(2)3(4)6;1-2/h10-11H,6-9H2,1-5H3,(H,24,26);8-9,22H,4-7H2,1-3H3,(H,21,23);1-2H3;1H3. The molecule has 2 spiro atoms. The summed E-state index contributed by atoms with van der Waals surface area (Å²) >= 11 is 9.54. The van der Waals surface area contributed by atoms with E-state index in [1.807, 2.05) is 65.8 Å². The second-order valence-electron chi connectivity index (χ2n) is 16.2. The predicted octanol–water partition coefficient (Wildman–Crippen LogP) is 9.82. The minimum absolute atomic E-state index is 0.0231. The Morgan fingerprint density at radius 1 is 0.627 bits per heavy atom. The number of halogens is 6. The molecule has 2 aromatic carbocycles. The van der Waals surface area contributed by atoms with Gasteiger partial charge in [0.2, 0.25) is 11.8 Å². The van der Waals surface area contributed by atoms with Gasteiger partial charge in [-0.05, 0) is 112 Å². The lowest BCUT2D eigenvalue weighted by molar-refractivity contribution is -0.118. The van der Waals surface area contributed by atoms with Crippen LogP contribution in [0, 0.1) is 41.5 Å². The Kier molecular flexibility index (Phi) is 15.8. The van der Waals surface area contributed by atoms with E-state index in [9.17, 15) is 41.8 Å². The third-order valence-electron chi connectivity index (χ3n) is 10.9. The van der Waals surface area contributed by atoms with Crippen molar-refractivity contribution in [3.63, 3.8) is 0 Å². The Morgan fingerprint density at radius 2 is 0.949 bits per heavy atom. The average molecular weight is 872 g/mol. The number of hydrogen-bond acceptors (Lipinski definition) is 6. The van der Waals surface area contributed by atoms with Gasteiger partial charge in [-0.15, -0.1) is 11.6 Å². The third kappa shape index (κ3) is 11.1. The van der Waals surface area contributed by atoms with Crippen molar-refractivity contribution in [2.45, 2.75) is 116 Å². The molecule has 326 valence electrons. The van der Waals surface area contributed by atoms with E-state index in [2.05, 4.69) is 22.2 Å². The smallest absolute Gasteiger partial charge is 0.414 e. The monoisotopic (exact) mass is 870 g/mol. The number of alkyl halides is 5. The van der Waals surface area contributed by atoms with E-state index < -0.39 is 34.4 Å². The number of ether oxygens (including phenoxy) is 1. The maximum absolute atomic E-state index is 13.8. The highest BCUT2D eigenvalue weighted by Gasteiger charge is 2.54. The Labute approximate surface area is 354 Å². The molecule has 0 unspecified atom stereocenters. The summed E-state index contributed by atoms with van der Waals surface area (Å²) in [4.78, 5) is 50.2. The fourth-order valence-corrected chi connectivity index (χ4v) is 8.10. The minimum Gasteiger partial charge on any atom is -0.509 e. The van der Waals surface area contributed by atoms with Gasteiger partial charge in [-0.2, -0.15) is 0 Å². The summed E-state index contributed by atoms with van der Waals surface area (Å²) in [6.45, 7) is 11.5. The number of aryl methyl sites for hydroxylation is 6. The van der Waals surface area contributed by atoms with Gasteiger partial charge < -0.3 is 30.3 Å². The molecule has 2 aromatic rings. The number of benzene rings is 2. The number of nitrogens with one attached hydrogen (secondary N) is 2. The second kappa shape index (κ2) is 19.0. The summed E-state index contributed by atoms with van der Waals surface area (Å²) in [6, 6.07) is 7.81. The topological polar surface area (TPSA) is 128 Å². The van der Waals surface area contributed by atoms with Crippen LogP contribution in [-0.2, 0) is 14.3 Å². The van der Waals surface area contributed by atoms with Crippen LogP contribution in [0.5, 0.6) is 0 Å². The third-order valence-corrected chi connectivity index (χ3v) is 11.3. The van der Waals surface area contributed by atoms with Crippen LogP contribution in [0.3, 0.4) is 0 Å². The summed E-state index contributed by atoms with van der Waals surface area (Å²) in [5.41, 5.74) is 5.49. The minimum atomic E-state index is -2.77. The molecule has 3 N–H and O–H groups in total. The second-order valence-corrected chi connectivity index (χ2v) is 16.5. The van der Waals surface area contributed by atoms with Crippen LogP contribution in [-0.4, -0.2) is 95.7 Å². The van der Waals surface area contributed by atoms with Crippen molar-refractivity contribution in [3.8, 4) is 0 Å². The lowest BCUT2D eigenvalue weighted by atomic mass is 9.78. The molecule has 2 heterocycles. The van der Waals surface area contributed by atoms with Gasteiger partial charge in [0.1, 0.15) is 11.5 Å². The summed E-state index contributed by atoms with van der Waals surface area (Å²) in [7, 11) is 6.26. The fraction of sp³-hybridized carbons (Fsp3) is 0.535. The van der Waals surface area contributed by atoms with E-state index in [1.54, 1.807) is 14.1 Å². The molecule has 2 saturated carbocycles. The van der Waals surface area contributed by atoms with Crippen LogP contribution < -0.4 is 10.6 Å². The number of rotatable bonds is 3. The molecule has 0 bridgehead atoms. The van der Waals surface area contributed by atoms with Crippen molar-refractivity contribution >= 4 is 57.6 Å². The fourth-order valence-electron chi connectivity index (χ4n) is 8.10. The van der Waals surface area contributed by atoms with E-state index in [-0.39, 0.29) is 85.8 Å². The number of hydrogen-bond donors (Lipinski definition) is 3. The van der Waals surface area contributed by atoms with E-state index in [0.29, 0.717) is 11.1 Å². The van der Waals surface area contributed by atoms with E-state index >= 15 is 0 Å². The molecule has 0 saturated heterocycles. The van der Waals surface area contributed by atoms with Crippen LogP contribution in [0.2, 0.25) is 0 Å². The van der Waals surface area contributed by atoms with E-state index in [0.717, 1.165) is 33.4 Å². The van der Waals surface area contributed by atoms with Gasteiger partial charge in [-0.25, -0.2) is 22.4 Å². The lowest BCUT2D eigenvalue weighted by Gasteiger charge is -2.38. The zero-order valence-electron chi connectivity index (χ0n) is 35.6. The Balaban J connectivity index is 0.000000271. The van der Waals surface area contributed by atoms with Crippen LogP contribution >= 0.6 is 23.2 Å². The Bertz CT molecular complexity index is 1970. The molecule has 10 nitrogen and oxygen atoms in total. The zero-order valence-corrected chi connectivity index (χ0v) is 37.1. The van der Waals surface area contributed by atoms with Crippen molar-refractivity contribution in [2.24, 2.45) is 0 Å². The molecule has 0 aromatic heterocycles. The van der Waals surface area contributed by atoms with Crippen LogP contribution in [0.25, 0.3) is 11.1 Å². The summed E-state index contributed by atoms with van der Waals surface area (Å²) in [5, 5.41) is 15.9. The zero-order chi connectivity index (χ0) is 45.0. The highest BCUT2D eigenvalue weighted by molar-refractivity contribution is 6.62. The normalized spacial score (nSPS) is 19.3. The molecule has 4 aliphatic rings. The summed E-state index contributed by atoms with van der Waals surface area (Å²) in [5.74, 6) is -6.15. The number of carbonyl (C=O) groups excluding carboxylic acids is 4. The quantitative estimate of drug-likeness (QED) is 0.122. The van der Waals surface area contributed by atoms with Crippen LogP contribution in [0.15, 0.2) is 35.8 Å². The largest absolute Gasteiger partial charge is 0.509 e. The molecule has 16 heteroatoms. The molecule has 2 fully saturated rings. The Morgan fingerprint density at radius 3 is 1.31 bits per heavy atom. The molecule has 2 aliphatic heterocycles. The summed E-state index contributed by atoms with van der Waals surface area (Å²) < 4.78 is 60.2. The molecule has 6 rings (SSSR count). The lowest BCUT2D eigenvalue weighted by Crippen LogP contribution is -2.50. The highest BCUT2D eigenvalue weighted by Crippen LogP contribution is 2.49. The van der Waals surface area contributed by atoms with Crippen molar-refractivity contribution in [1.29, 1.82) is 0 Å². The van der Waals surface area contributed by atoms with Gasteiger partial charge in [-0.3, -0.25) is 14.4 Å². The first-order valence-corrected chi connectivity index (χ1v) is 20.3. The molecule has 0 atom stereocenters. The first-order chi connectivity index (χ1) is 27.2. The maximum Gasteiger partial charge on any atom is 0.414 e.